The first kappa shape index (κ1) is 11.9. The van der Waals surface area contributed by atoms with Crippen molar-refractivity contribution in [2.75, 3.05) is 12.3 Å². The van der Waals surface area contributed by atoms with E-state index in [9.17, 15) is 8.42 Å². The van der Waals surface area contributed by atoms with E-state index < -0.39 is 10.0 Å². The highest BCUT2D eigenvalue weighted by atomic mass is 32.2. The van der Waals surface area contributed by atoms with Crippen molar-refractivity contribution in [1.29, 1.82) is 0 Å². The van der Waals surface area contributed by atoms with Crippen molar-refractivity contribution in [1.82, 2.24) is 9.71 Å². The smallest absolute Gasteiger partial charge is 0.242 e. The van der Waals surface area contributed by atoms with Gasteiger partial charge in [0.1, 0.15) is 4.90 Å². The average Bonchev–Trinajstić information content (AvgIpc) is 2.69. The molecular formula is C11H15N3O2S. The van der Waals surface area contributed by atoms with Gasteiger partial charge in [-0.2, -0.15) is 0 Å². The largest absolute Gasteiger partial charge is 0.399 e. The number of benzene rings is 1. The molecule has 2 rings (SSSR count). The van der Waals surface area contributed by atoms with Gasteiger partial charge < -0.3 is 10.7 Å². The highest BCUT2D eigenvalue weighted by molar-refractivity contribution is 7.89. The first-order valence-electron chi connectivity index (χ1n) is 5.41. The molecule has 0 bridgehead atoms. The maximum Gasteiger partial charge on any atom is 0.242 e. The molecule has 0 aliphatic carbocycles. The number of sulfonamides is 1. The van der Waals surface area contributed by atoms with Gasteiger partial charge in [-0.25, -0.2) is 13.1 Å². The van der Waals surface area contributed by atoms with Crippen LogP contribution in [-0.2, 0) is 10.0 Å². The van der Waals surface area contributed by atoms with Crippen LogP contribution in [0.4, 0.5) is 5.69 Å². The van der Waals surface area contributed by atoms with Gasteiger partial charge in [0.25, 0.3) is 0 Å². The molecule has 2 aromatic rings. The third-order valence-corrected chi connectivity index (χ3v) is 4.00. The maximum atomic E-state index is 12.0. The molecule has 17 heavy (non-hydrogen) atoms. The van der Waals surface area contributed by atoms with Crippen LogP contribution in [-0.4, -0.2) is 19.9 Å². The molecule has 5 nitrogen and oxygen atoms in total. The van der Waals surface area contributed by atoms with Crippen LogP contribution in [0, 0.1) is 0 Å². The van der Waals surface area contributed by atoms with E-state index in [0.29, 0.717) is 17.6 Å². The minimum atomic E-state index is -3.44. The van der Waals surface area contributed by atoms with Crippen molar-refractivity contribution in [3.05, 3.63) is 24.4 Å². The predicted octanol–water partition coefficient (Wildman–Crippen LogP) is 1.44. The third kappa shape index (κ3) is 2.27. The van der Waals surface area contributed by atoms with E-state index in [1.807, 2.05) is 6.92 Å². The normalized spacial score (nSPS) is 12.1. The molecule has 1 heterocycles. The van der Waals surface area contributed by atoms with Crippen LogP contribution >= 0.6 is 0 Å². The summed E-state index contributed by atoms with van der Waals surface area (Å²) in [4.78, 5) is 3.18. The zero-order valence-electron chi connectivity index (χ0n) is 9.53. The lowest BCUT2D eigenvalue weighted by Crippen LogP contribution is -2.24. The topological polar surface area (TPSA) is 88.0 Å². The quantitative estimate of drug-likeness (QED) is 0.720. The summed E-state index contributed by atoms with van der Waals surface area (Å²) in [5.74, 6) is 0. The molecule has 0 spiro atoms. The van der Waals surface area contributed by atoms with E-state index in [1.165, 1.54) is 6.20 Å². The molecule has 0 saturated carbocycles. The Kier molecular flexibility index (Phi) is 3.08. The number of fused-ring (bicyclic) bond motifs is 1. The monoisotopic (exact) mass is 253 g/mol. The van der Waals surface area contributed by atoms with Gasteiger partial charge in [-0.15, -0.1) is 0 Å². The van der Waals surface area contributed by atoms with E-state index in [1.54, 1.807) is 18.2 Å². The molecule has 0 saturated heterocycles. The number of hydrogen-bond acceptors (Lipinski definition) is 3. The molecule has 0 unspecified atom stereocenters. The van der Waals surface area contributed by atoms with Crippen LogP contribution < -0.4 is 10.5 Å². The second-order valence-corrected chi connectivity index (χ2v) is 5.59. The molecule has 6 heteroatoms. The van der Waals surface area contributed by atoms with E-state index >= 15 is 0 Å². The van der Waals surface area contributed by atoms with Crippen molar-refractivity contribution in [2.24, 2.45) is 0 Å². The van der Waals surface area contributed by atoms with Crippen LogP contribution in [0.2, 0.25) is 0 Å². The van der Waals surface area contributed by atoms with Gasteiger partial charge in [-0.05, 0) is 24.6 Å². The van der Waals surface area contributed by atoms with Crippen molar-refractivity contribution < 1.29 is 8.42 Å². The second kappa shape index (κ2) is 4.38. The van der Waals surface area contributed by atoms with E-state index in [-0.39, 0.29) is 4.90 Å². The summed E-state index contributed by atoms with van der Waals surface area (Å²) in [5, 5.41) is 0.655. The Morgan fingerprint density at radius 1 is 1.41 bits per heavy atom. The molecule has 1 aromatic heterocycles. The molecule has 0 aliphatic rings. The van der Waals surface area contributed by atoms with E-state index in [4.69, 9.17) is 5.73 Å². The van der Waals surface area contributed by atoms with Gasteiger partial charge in [-0.1, -0.05) is 6.92 Å². The molecule has 4 N–H and O–H groups in total. The number of anilines is 1. The van der Waals surface area contributed by atoms with Crippen LogP contribution in [0.3, 0.4) is 0 Å². The molecule has 0 radical (unpaired) electrons. The fourth-order valence-electron chi connectivity index (χ4n) is 1.65. The summed E-state index contributed by atoms with van der Waals surface area (Å²) >= 11 is 0. The molecular weight excluding hydrogens is 238 g/mol. The van der Waals surface area contributed by atoms with Crippen molar-refractivity contribution in [3.8, 4) is 0 Å². The van der Waals surface area contributed by atoms with Crippen molar-refractivity contribution in [3.63, 3.8) is 0 Å². The summed E-state index contributed by atoms with van der Waals surface area (Å²) in [6, 6.07) is 5.12. The Morgan fingerprint density at radius 2 is 2.18 bits per heavy atom. The maximum absolute atomic E-state index is 12.0. The van der Waals surface area contributed by atoms with Crippen molar-refractivity contribution >= 4 is 26.6 Å². The average molecular weight is 253 g/mol. The number of aromatic amines is 1. The Labute approximate surface area is 100 Å². The number of nitrogens with one attached hydrogen (secondary N) is 2. The first-order chi connectivity index (χ1) is 8.04. The van der Waals surface area contributed by atoms with Gasteiger partial charge >= 0.3 is 0 Å². The zero-order chi connectivity index (χ0) is 12.5. The van der Waals surface area contributed by atoms with Gasteiger partial charge in [0.15, 0.2) is 0 Å². The third-order valence-electron chi connectivity index (χ3n) is 2.50. The number of H-pyrrole nitrogens is 1. The predicted molar refractivity (Wildman–Crippen MR) is 68.2 cm³/mol. The first-order valence-corrected chi connectivity index (χ1v) is 6.89. The number of aromatic nitrogens is 1. The highest BCUT2D eigenvalue weighted by Crippen LogP contribution is 2.24. The second-order valence-electron chi connectivity index (χ2n) is 3.86. The molecule has 1 aromatic carbocycles. The Morgan fingerprint density at radius 3 is 2.88 bits per heavy atom. The van der Waals surface area contributed by atoms with Crippen LogP contribution in [0.5, 0.6) is 0 Å². The lowest BCUT2D eigenvalue weighted by atomic mass is 10.2. The Bertz CT molecular complexity index is 631. The van der Waals surface area contributed by atoms with Gasteiger partial charge in [0.05, 0.1) is 0 Å². The van der Waals surface area contributed by atoms with Crippen LogP contribution in [0.1, 0.15) is 13.3 Å². The lowest BCUT2D eigenvalue weighted by Gasteiger charge is -2.03. The summed E-state index contributed by atoms with van der Waals surface area (Å²) in [6.45, 7) is 2.35. The summed E-state index contributed by atoms with van der Waals surface area (Å²) < 4.78 is 26.5. The van der Waals surface area contributed by atoms with Crippen molar-refractivity contribution in [2.45, 2.75) is 18.2 Å². The van der Waals surface area contributed by atoms with E-state index in [2.05, 4.69) is 9.71 Å². The minimum absolute atomic E-state index is 0.265. The van der Waals surface area contributed by atoms with Crippen LogP contribution in [0.15, 0.2) is 29.3 Å². The van der Waals surface area contributed by atoms with Gasteiger partial charge in [0.2, 0.25) is 10.0 Å². The Hall–Kier alpha value is -1.53. The standard InChI is InChI=1S/C11H15N3O2S/c1-2-5-14-17(15,16)11-7-13-10-6-8(12)3-4-9(10)11/h3-4,6-7,13-14H,2,5,12H2,1H3. The summed E-state index contributed by atoms with van der Waals surface area (Å²) in [6.07, 6.45) is 2.25. The lowest BCUT2D eigenvalue weighted by molar-refractivity contribution is 0.581. The SMILES string of the molecule is CCCNS(=O)(=O)c1c[nH]c2cc(N)ccc12. The number of hydrogen-bond donors (Lipinski definition) is 3. The summed E-state index contributed by atoms with van der Waals surface area (Å²) in [7, 11) is -3.44. The molecule has 92 valence electrons. The fourth-order valence-corrected chi connectivity index (χ4v) is 2.96. The van der Waals surface area contributed by atoms with Gasteiger partial charge in [0, 0.05) is 29.3 Å². The molecule has 0 aliphatic heterocycles. The van der Waals surface area contributed by atoms with E-state index in [0.717, 1.165) is 11.9 Å². The summed E-state index contributed by atoms with van der Waals surface area (Å²) in [5.41, 5.74) is 6.96. The molecule has 0 atom stereocenters. The Balaban J connectivity index is 2.49. The molecule has 0 fully saturated rings. The number of nitrogen functional groups attached to an aromatic ring is 1. The fraction of sp³-hybridized carbons (Fsp3) is 0.273. The minimum Gasteiger partial charge on any atom is -0.399 e. The van der Waals surface area contributed by atoms with Gasteiger partial charge in [-0.3, -0.25) is 0 Å². The number of rotatable bonds is 4. The number of nitrogens with two attached hydrogens (primary N) is 1. The highest BCUT2D eigenvalue weighted by Gasteiger charge is 2.17. The zero-order valence-corrected chi connectivity index (χ0v) is 10.3. The van der Waals surface area contributed by atoms with Crippen LogP contribution in [0.25, 0.3) is 10.9 Å². The molecule has 0 amide bonds.